The lowest BCUT2D eigenvalue weighted by atomic mass is 10.1. The predicted molar refractivity (Wildman–Crippen MR) is 154 cm³/mol. The molecule has 0 aliphatic heterocycles. The third-order valence-corrected chi connectivity index (χ3v) is 6.36. The van der Waals surface area contributed by atoms with E-state index in [2.05, 4.69) is 17.2 Å². The highest BCUT2D eigenvalue weighted by atomic mass is 16.5. The van der Waals surface area contributed by atoms with E-state index in [-0.39, 0.29) is 11.7 Å². The summed E-state index contributed by atoms with van der Waals surface area (Å²) >= 11 is 0. The zero-order chi connectivity index (χ0) is 27.9. The number of carbonyl (C=O) groups is 2. The molecule has 0 aliphatic carbocycles. The van der Waals surface area contributed by atoms with Crippen molar-refractivity contribution in [1.29, 1.82) is 0 Å². The molecular weight excluding hydrogens is 492 g/mol. The molecule has 4 rings (SSSR count). The first kappa shape index (κ1) is 27.3. The summed E-state index contributed by atoms with van der Waals surface area (Å²) in [5.41, 5.74) is 5.60. The highest BCUT2D eigenvalue weighted by molar-refractivity contribution is 6.11. The summed E-state index contributed by atoms with van der Waals surface area (Å²) < 4.78 is 13.0. The molecule has 0 radical (unpaired) electrons. The number of nitrogens with zero attached hydrogens (tertiary/aromatic N) is 3. The summed E-state index contributed by atoms with van der Waals surface area (Å²) in [6.07, 6.45) is 4.04. The number of allylic oxidation sites excluding steroid dienone is 2. The van der Waals surface area contributed by atoms with Crippen molar-refractivity contribution in [2.45, 2.75) is 26.8 Å². The monoisotopic (exact) mass is 524 g/mol. The molecule has 0 saturated heterocycles. The van der Waals surface area contributed by atoms with Crippen LogP contribution in [0.15, 0.2) is 77.8 Å². The minimum Gasteiger partial charge on any atom is -0.493 e. The van der Waals surface area contributed by atoms with Crippen LogP contribution in [0.2, 0.25) is 0 Å². The quantitative estimate of drug-likeness (QED) is 0.219. The number of benzene rings is 3. The first-order valence-electron chi connectivity index (χ1n) is 12.6. The summed E-state index contributed by atoms with van der Waals surface area (Å²) in [7, 11) is 4.84. The number of aliphatic imine (C=N–C) groups is 1. The molecular formula is C31H32N4O4. The van der Waals surface area contributed by atoms with Gasteiger partial charge in [0.15, 0.2) is 17.3 Å². The Morgan fingerprint density at radius 3 is 2.28 bits per heavy atom. The van der Waals surface area contributed by atoms with Crippen molar-refractivity contribution >= 4 is 34.4 Å². The van der Waals surface area contributed by atoms with Gasteiger partial charge < -0.3 is 14.0 Å². The van der Waals surface area contributed by atoms with Crippen LogP contribution in [0.5, 0.6) is 11.5 Å². The van der Waals surface area contributed by atoms with E-state index >= 15 is 0 Å². The number of ketones is 1. The Hall–Kier alpha value is -4.72. The molecule has 1 N–H and O–H groups in total. The van der Waals surface area contributed by atoms with E-state index in [9.17, 15) is 9.59 Å². The number of anilines is 1. The van der Waals surface area contributed by atoms with E-state index in [4.69, 9.17) is 14.5 Å². The molecule has 0 aliphatic rings. The van der Waals surface area contributed by atoms with Gasteiger partial charge in [-0.05, 0) is 60.4 Å². The molecule has 0 spiro atoms. The Kier molecular flexibility index (Phi) is 8.56. The largest absolute Gasteiger partial charge is 0.493 e. The van der Waals surface area contributed by atoms with Crippen molar-refractivity contribution in [2.75, 3.05) is 26.6 Å². The van der Waals surface area contributed by atoms with Crippen LogP contribution in [-0.4, -0.2) is 48.2 Å². The minimum absolute atomic E-state index is 0.0496. The molecule has 0 saturated carbocycles. The average Bonchev–Trinajstić information content (AvgIpc) is 3.27. The zero-order valence-corrected chi connectivity index (χ0v) is 22.8. The number of ether oxygens (including phenoxy) is 2. The number of aromatic nitrogens is 2. The lowest BCUT2D eigenvalue weighted by molar-refractivity contribution is -0.112. The second-order valence-corrected chi connectivity index (χ2v) is 8.98. The van der Waals surface area contributed by atoms with E-state index in [1.165, 1.54) is 13.0 Å². The number of imidazole rings is 1. The summed E-state index contributed by atoms with van der Waals surface area (Å²) in [5.74, 6) is 1.21. The third kappa shape index (κ3) is 6.23. The smallest absolute Gasteiger partial charge is 0.257 e. The predicted octanol–water partition coefficient (Wildman–Crippen LogP) is 5.48. The summed E-state index contributed by atoms with van der Waals surface area (Å²) in [6, 6.07) is 19.1. The van der Waals surface area contributed by atoms with Gasteiger partial charge in [-0.3, -0.25) is 19.9 Å². The Balaban J connectivity index is 1.77. The lowest BCUT2D eigenvalue weighted by Crippen LogP contribution is -2.16. The first-order valence-corrected chi connectivity index (χ1v) is 12.6. The molecule has 8 heteroatoms. The van der Waals surface area contributed by atoms with E-state index in [0.29, 0.717) is 40.8 Å². The third-order valence-electron chi connectivity index (χ3n) is 6.36. The van der Waals surface area contributed by atoms with Gasteiger partial charge in [-0.1, -0.05) is 37.3 Å². The second kappa shape index (κ2) is 12.2. The number of methoxy groups -OCH3 is 2. The number of nitrogens with one attached hydrogen (secondary N) is 1. The van der Waals surface area contributed by atoms with Crippen LogP contribution in [-0.2, 0) is 17.8 Å². The maximum Gasteiger partial charge on any atom is 0.257 e. The van der Waals surface area contributed by atoms with Crippen LogP contribution >= 0.6 is 0 Å². The maximum atomic E-state index is 13.3. The van der Waals surface area contributed by atoms with Gasteiger partial charge in [-0.25, -0.2) is 4.98 Å². The SMILES string of the molecule is CCc1cccc(C(=O)Nc2nc3cc(OC)c(OC)cc3n2Cc2cccc(C(/C=C\C(C)=O)=NC)c2)c1. The number of rotatable bonds is 10. The van der Waals surface area contributed by atoms with Gasteiger partial charge in [0.05, 0.1) is 37.5 Å². The molecule has 4 aromatic rings. The molecule has 0 atom stereocenters. The molecule has 200 valence electrons. The number of hydrogen-bond donors (Lipinski definition) is 1. The van der Waals surface area contributed by atoms with Gasteiger partial charge in [-0.2, -0.15) is 0 Å². The van der Waals surface area contributed by atoms with Crippen LogP contribution in [0.25, 0.3) is 11.0 Å². The molecule has 0 fully saturated rings. The van der Waals surface area contributed by atoms with Crippen molar-refractivity contribution in [2.24, 2.45) is 4.99 Å². The van der Waals surface area contributed by atoms with Crippen LogP contribution < -0.4 is 14.8 Å². The van der Waals surface area contributed by atoms with Crippen molar-refractivity contribution in [3.8, 4) is 11.5 Å². The summed E-state index contributed by atoms with van der Waals surface area (Å²) in [6.45, 7) is 3.97. The standard InChI is InChI=1S/C31H32N4O4/c1-6-21-9-7-12-24(15-21)30(37)34-31-33-26-17-28(38-4)29(39-5)18-27(26)35(31)19-22-10-8-11-23(16-22)25(32-3)14-13-20(2)36/h7-18H,6,19H2,1-5H3,(H,33,34,37)/b14-13-,32-25?. The number of aryl methyl sites for hydroxylation is 1. The van der Waals surface area contributed by atoms with Gasteiger partial charge in [0.1, 0.15) is 0 Å². The average molecular weight is 525 g/mol. The number of hydrogen-bond acceptors (Lipinski definition) is 6. The summed E-state index contributed by atoms with van der Waals surface area (Å²) in [4.78, 5) is 33.8. The number of carbonyl (C=O) groups excluding carboxylic acids is 2. The molecule has 1 heterocycles. The fourth-order valence-corrected chi connectivity index (χ4v) is 4.32. The van der Waals surface area contributed by atoms with Crippen LogP contribution in [0.4, 0.5) is 5.95 Å². The minimum atomic E-state index is -0.246. The maximum absolute atomic E-state index is 13.3. The molecule has 39 heavy (non-hydrogen) atoms. The molecule has 1 aromatic heterocycles. The van der Waals surface area contributed by atoms with Gasteiger partial charge >= 0.3 is 0 Å². The zero-order valence-electron chi connectivity index (χ0n) is 22.8. The topological polar surface area (TPSA) is 94.8 Å². The Morgan fingerprint density at radius 1 is 0.949 bits per heavy atom. The Labute approximate surface area is 228 Å². The number of fused-ring (bicyclic) bond motifs is 1. The highest BCUT2D eigenvalue weighted by Crippen LogP contribution is 2.34. The molecule has 8 nitrogen and oxygen atoms in total. The fourth-order valence-electron chi connectivity index (χ4n) is 4.32. The van der Waals surface area contributed by atoms with Gasteiger partial charge in [0.25, 0.3) is 5.91 Å². The van der Waals surface area contributed by atoms with Gasteiger partial charge in [0.2, 0.25) is 5.95 Å². The lowest BCUT2D eigenvalue weighted by Gasteiger charge is -2.13. The van der Waals surface area contributed by atoms with E-state index in [0.717, 1.165) is 28.6 Å². The van der Waals surface area contributed by atoms with Gasteiger partial charge in [-0.15, -0.1) is 0 Å². The van der Waals surface area contributed by atoms with Crippen LogP contribution in [0.3, 0.4) is 0 Å². The Bertz CT molecular complexity index is 1580. The van der Waals surface area contributed by atoms with Crippen molar-refractivity contribution in [3.05, 3.63) is 95.1 Å². The summed E-state index contributed by atoms with van der Waals surface area (Å²) in [5, 5.41) is 3.00. The fraction of sp³-hybridized carbons (Fsp3) is 0.226. The van der Waals surface area contributed by atoms with Crippen molar-refractivity contribution < 1.29 is 19.1 Å². The Morgan fingerprint density at radius 2 is 1.62 bits per heavy atom. The van der Waals surface area contributed by atoms with E-state index < -0.39 is 0 Å². The van der Waals surface area contributed by atoms with Crippen molar-refractivity contribution in [3.63, 3.8) is 0 Å². The molecule has 0 bridgehead atoms. The molecule has 0 unspecified atom stereocenters. The number of amides is 1. The normalized spacial score (nSPS) is 11.7. The molecule has 3 aromatic carbocycles. The van der Waals surface area contributed by atoms with E-state index in [1.807, 2.05) is 53.1 Å². The van der Waals surface area contributed by atoms with Crippen molar-refractivity contribution in [1.82, 2.24) is 9.55 Å². The van der Waals surface area contributed by atoms with Crippen LogP contribution in [0, 0.1) is 0 Å². The highest BCUT2D eigenvalue weighted by Gasteiger charge is 2.18. The second-order valence-electron chi connectivity index (χ2n) is 8.98. The van der Waals surface area contributed by atoms with E-state index in [1.54, 1.807) is 39.5 Å². The first-order chi connectivity index (χ1) is 18.9. The van der Waals surface area contributed by atoms with Crippen LogP contribution in [0.1, 0.15) is 40.9 Å². The molecule has 1 amide bonds. The van der Waals surface area contributed by atoms with Gasteiger partial charge in [0, 0.05) is 24.7 Å².